The van der Waals surface area contributed by atoms with E-state index in [9.17, 15) is 0 Å². The molecule has 0 heterocycles. The van der Waals surface area contributed by atoms with E-state index in [1.807, 2.05) is 12.1 Å². The summed E-state index contributed by atoms with van der Waals surface area (Å²) in [6.45, 7) is 2.16. The Kier molecular flexibility index (Phi) is 4.09. The topological polar surface area (TPSA) is 56.5 Å². The maximum absolute atomic E-state index is 5.79. The van der Waals surface area contributed by atoms with E-state index in [-0.39, 0.29) is 0 Å². The van der Waals surface area contributed by atoms with Crippen LogP contribution in [0.1, 0.15) is 31.4 Å². The van der Waals surface area contributed by atoms with E-state index in [0.29, 0.717) is 18.1 Å². The maximum atomic E-state index is 5.79. The van der Waals surface area contributed by atoms with Gasteiger partial charge < -0.3 is 20.5 Å². The van der Waals surface area contributed by atoms with Crippen molar-refractivity contribution in [2.45, 2.75) is 37.9 Å². The van der Waals surface area contributed by atoms with Gasteiger partial charge in [-0.15, -0.1) is 0 Å². The highest BCUT2D eigenvalue weighted by molar-refractivity contribution is 5.43. The zero-order chi connectivity index (χ0) is 13.1. The number of nitrogens with two attached hydrogens (primary N) is 1. The highest BCUT2D eigenvalue weighted by Crippen LogP contribution is 2.30. The molecule has 0 saturated heterocycles. The van der Waals surface area contributed by atoms with Crippen molar-refractivity contribution in [1.29, 1.82) is 0 Å². The minimum Gasteiger partial charge on any atom is -0.493 e. The van der Waals surface area contributed by atoms with Crippen LogP contribution < -0.4 is 20.5 Å². The van der Waals surface area contributed by atoms with Gasteiger partial charge in [-0.1, -0.05) is 6.07 Å². The van der Waals surface area contributed by atoms with Crippen LogP contribution in [0.3, 0.4) is 0 Å². The summed E-state index contributed by atoms with van der Waals surface area (Å²) in [4.78, 5) is 0. The third-order valence-electron chi connectivity index (χ3n) is 3.57. The normalized spacial score (nSPS) is 24.2. The zero-order valence-corrected chi connectivity index (χ0v) is 11.3. The van der Waals surface area contributed by atoms with Crippen LogP contribution in [0.15, 0.2) is 18.2 Å². The number of rotatable bonds is 5. The standard InChI is InChI=1S/C14H22N2O2/c1-9(16-12-7-11(15)8-12)10-4-5-13(17-2)14(6-10)18-3/h4-6,9,11-12,16H,7-8,15H2,1-3H3. The van der Waals surface area contributed by atoms with Crippen LogP contribution in [-0.2, 0) is 0 Å². The molecule has 0 aromatic heterocycles. The first kappa shape index (κ1) is 13.2. The number of nitrogens with one attached hydrogen (secondary N) is 1. The van der Waals surface area contributed by atoms with Gasteiger partial charge in [-0.25, -0.2) is 0 Å². The van der Waals surface area contributed by atoms with Crippen molar-refractivity contribution in [3.05, 3.63) is 23.8 Å². The second-order valence-electron chi connectivity index (χ2n) is 4.93. The monoisotopic (exact) mass is 250 g/mol. The number of methoxy groups -OCH3 is 2. The molecule has 1 aromatic rings. The maximum Gasteiger partial charge on any atom is 0.161 e. The first-order valence-corrected chi connectivity index (χ1v) is 6.37. The first-order valence-electron chi connectivity index (χ1n) is 6.37. The lowest BCUT2D eigenvalue weighted by Gasteiger charge is -2.35. The largest absolute Gasteiger partial charge is 0.493 e. The molecule has 1 unspecified atom stereocenters. The van der Waals surface area contributed by atoms with Crippen molar-refractivity contribution in [2.24, 2.45) is 5.73 Å². The van der Waals surface area contributed by atoms with E-state index in [1.165, 1.54) is 5.56 Å². The molecule has 1 saturated carbocycles. The summed E-state index contributed by atoms with van der Waals surface area (Å²) < 4.78 is 10.6. The van der Waals surface area contributed by atoms with E-state index in [2.05, 4.69) is 18.3 Å². The Morgan fingerprint density at radius 2 is 1.89 bits per heavy atom. The summed E-state index contributed by atoms with van der Waals surface area (Å²) >= 11 is 0. The Morgan fingerprint density at radius 1 is 1.22 bits per heavy atom. The predicted molar refractivity (Wildman–Crippen MR) is 72.1 cm³/mol. The van der Waals surface area contributed by atoms with E-state index in [0.717, 1.165) is 24.3 Å². The van der Waals surface area contributed by atoms with Gasteiger partial charge in [0.25, 0.3) is 0 Å². The molecular weight excluding hydrogens is 228 g/mol. The van der Waals surface area contributed by atoms with Crippen molar-refractivity contribution < 1.29 is 9.47 Å². The highest BCUT2D eigenvalue weighted by atomic mass is 16.5. The summed E-state index contributed by atoms with van der Waals surface area (Å²) in [5, 5.41) is 3.58. The number of benzene rings is 1. The van der Waals surface area contributed by atoms with Crippen LogP contribution in [0, 0.1) is 0 Å². The second kappa shape index (κ2) is 5.59. The molecule has 0 aliphatic heterocycles. The van der Waals surface area contributed by atoms with Gasteiger partial charge in [-0.05, 0) is 37.5 Å². The van der Waals surface area contributed by atoms with Gasteiger partial charge in [0.2, 0.25) is 0 Å². The van der Waals surface area contributed by atoms with Gasteiger partial charge in [-0.3, -0.25) is 0 Å². The average molecular weight is 250 g/mol. The lowest BCUT2D eigenvalue weighted by atomic mass is 9.87. The fourth-order valence-corrected chi connectivity index (χ4v) is 2.37. The molecule has 0 radical (unpaired) electrons. The van der Waals surface area contributed by atoms with Crippen LogP contribution in [0.25, 0.3) is 0 Å². The molecular formula is C14H22N2O2. The highest BCUT2D eigenvalue weighted by Gasteiger charge is 2.27. The molecule has 4 heteroatoms. The molecule has 0 bridgehead atoms. The third kappa shape index (κ3) is 2.76. The number of hydrogen-bond donors (Lipinski definition) is 2. The smallest absolute Gasteiger partial charge is 0.161 e. The summed E-state index contributed by atoms with van der Waals surface area (Å²) in [6, 6.07) is 7.25. The lowest BCUT2D eigenvalue weighted by Crippen LogP contribution is -2.49. The zero-order valence-electron chi connectivity index (χ0n) is 11.3. The van der Waals surface area contributed by atoms with Crippen molar-refractivity contribution in [1.82, 2.24) is 5.32 Å². The first-order chi connectivity index (χ1) is 8.63. The molecule has 100 valence electrons. The van der Waals surface area contributed by atoms with Crippen LogP contribution >= 0.6 is 0 Å². The Hall–Kier alpha value is -1.26. The number of hydrogen-bond acceptors (Lipinski definition) is 4. The van der Waals surface area contributed by atoms with Gasteiger partial charge in [0.05, 0.1) is 14.2 Å². The Bertz CT molecular complexity index is 403. The van der Waals surface area contributed by atoms with Gasteiger partial charge >= 0.3 is 0 Å². The summed E-state index contributed by atoms with van der Waals surface area (Å²) in [5.41, 5.74) is 6.99. The molecule has 1 fully saturated rings. The van der Waals surface area contributed by atoms with Crippen molar-refractivity contribution in [3.63, 3.8) is 0 Å². The minimum absolute atomic E-state index is 0.294. The lowest BCUT2D eigenvalue weighted by molar-refractivity contribution is 0.272. The Labute approximate surface area is 108 Å². The summed E-state index contributed by atoms with van der Waals surface area (Å²) in [5.74, 6) is 1.54. The van der Waals surface area contributed by atoms with Gasteiger partial charge in [0.1, 0.15) is 0 Å². The predicted octanol–water partition coefficient (Wildman–Crippen LogP) is 1.84. The molecule has 0 spiro atoms. The summed E-state index contributed by atoms with van der Waals surface area (Å²) in [7, 11) is 3.31. The molecule has 0 amide bonds. The molecule has 4 nitrogen and oxygen atoms in total. The van der Waals surface area contributed by atoms with Crippen molar-refractivity contribution >= 4 is 0 Å². The van der Waals surface area contributed by atoms with Crippen molar-refractivity contribution in [3.8, 4) is 11.5 Å². The molecule has 2 rings (SSSR count). The molecule has 1 aliphatic carbocycles. The Balaban J connectivity index is 2.03. The number of ether oxygens (including phenoxy) is 2. The molecule has 1 atom stereocenters. The molecule has 1 aromatic carbocycles. The van der Waals surface area contributed by atoms with Crippen LogP contribution in [0.5, 0.6) is 11.5 Å². The SMILES string of the molecule is COc1ccc(C(C)NC2CC(N)C2)cc1OC. The van der Waals surface area contributed by atoms with E-state index < -0.39 is 0 Å². The minimum atomic E-state index is 0.294. The average Bonchev–Trinajstić information content (AvgIpc) is 2.35. The molecule has 3 N–H and O–H groups in total. The fourth-order valence-electron chi connectivity index (χ4n) is 2.37. The van der Waals surface area contributed by atoms with Crippen LogP contribution in [-0.4, -0.2) is 26.3 Å². The van der Waals surface area contributed by atoms with Gasteiger partial charge in [-0.2, -0.15) is 0 Å². The third-order valence-corrected chi connectivity index (χ3v) is 3.57. The van der Waals surface area contributed by atoms with Crippen LogP contribution in [0.4, 0.5) is 0 Å². The molecule has 1 aliphatic rings. The molecule has 18 heavy (non-hydrogen) atoms. The van der Waals surface area contributed by atoms with E-state index >= 15 is 0 Å². The second-order valence-corrected chi connectivity index (χ2v) is 4.93. The Morgan fingerprint density at radius 3 is 2.44 bits per heavy atom. The quantitative estimate of drug-likeness (QED) is 0.837. The van der Waals surface area contributed by atoms with Crippen molar-refractivity contribution in [2.75, 3.05) is 14.2 Å². The fraction of sp³-hybridized carbons (Fsp3) is 0.571. The van der Waals surface area contributed by atoms with E-state index in [1.54, 1.807) is 14.2 Å². The van der Waals surface area contributed by atoms with E-state index in [4.69, 9.17) is 15.2 Å². The van der Waals surface area contributed by atoms with Crippen LogP contribution in [0.2, 0.25) is 0 Å². The van der Waals surface area contributed by atoms with Gasteiger partial charge in [0, 0.05) is 18.1 Å². The summed E-state index contributed by atoms with van der Waals surface area (Å²) in [6.07, 6.45) is 2.13. The van der Waals surface area contributed by atoms with Gasteiger partial charge in [0.15, 0.2) is 11.5 Å².